The van der Waals surface area contributed by atoms with Crippen LogP contribution in [-0.2, 0) is 0 Å². The van der Waals surface area contributed by atoms with Gasteiger partial charge in [-0.1, -0.05) is 24.3 Å². The van der Waals surface area contributed by atoms with Gasteiger partial charge in [0.05, 0.1) is 0 Å². The van der Waals surface area contributed by atoms with Gasteiger partial charge in [-0.05, 0) is 0 Å². The van der Waals surface area contributed by atoms with Gasteiger partial charge in [0, 0.05) is 23.9 Å². The van der Waals surface area contributed by atoms with E-state index >= 15 is 0 Å². The molecule has 0 spiro atoms. The summed E-state index contributed by atoms with van der Waals surface area (Å²) in [6.07, 6.45) is 0. The van der Waals surface area contributed by atoms with Crippen LogP contribution in [0, 0.1) is 0 Å². The van der Waals surface area contributed by atoms with Crippen LogP contribution in [0.4, 0.5) is 11.6 Å². The average molecular weight is 203 g/mol. The van der Waals surface area contributed by atoms with E-state index in [-0.39, 0.29) is 0 Å². The number of anilines is 2. The lowest BCUT2D eigenvalue weighted by Gasteiger charge is -2.07. The molecule has 1 aromatic heterocycles. The Balaban J connectivity index is 2.51. The number of hydrogen-bond acceptors (Lipinski definition) is 5. The van der Waals surface area contributed by atoms with Gasteiger partial charge in [-0.25, -0.2) is 0 Å². The number of rotatable bonds is 3. The van der Waals surface area contributed by atoms with Crippen molar-refractivity contribution in [3.8, 4) is 0 Å². The molecule has 5 nitrogen and oxygen atoms in total. The number of nitrogen functional groups attached to an aromatic ring is 1. The third-order valence-corrected chi connectivity index (χ3v) is 2.15. The zero-order valence-corrected chi connectivity index (χ0v) is 8.27. The molecule has 15 heavy (non-hydrogen) atoms. The molecule has 78 valence electrons. The molecule has 0 aliphatic heterocycles. The SMILES string of the molecule is NCCNc1nnc(N)c2ccccc12. The van der Waals surface area contributed by atoms with Crippen molar-refractivity contribution in [1.29, 1.82) is 0 Å². The zero-order chi connectivity index (χ0) is 10.7. The van der Waals surface area contributed by atoms with E-state index in [1.54, 1.807) is 0 Å². The predicted octanol–water partition coefficient (Wildman–Crippen LogP) is 0.583. The van der Waals surface area contributed by atoms with Gasteiger partial charge in [-0.3, -0.25) is 0 Å². The molecule has 0 radical (unpaired) electrons. The quantitative estimate of drug-likeness (QED) is 0.679. The highest BCUT2D eigenvalue weighted by Gasteiger charge is 2.04. The third-order valence-electron chi connectivity index (χ3n) is 2.15. The summed E-state index contributed by atoms with van der Waals surface area (Å²) >= 11 is 0. The zero-order valence-electron chi connectivity index (χ0n) is 8.27. The standard InChI is InChI=1S/C10H13N5/c11-5-6-13-10-8-4-2-1-3-7(8)9(12)14-15-10/h1-4H,5-6,11H2,(H2,12,14)(H,13,15). The monoisotopic (exact) mass is 203 g/mol. The first-order chi connectivity index (χ1) is 7.33. The summed E-state index contributed by atoms with van der Waals surface area (Å²) in [6.45, 7) is 1.23. The number of aromatic nitrogens is 2. The van der Waals surface area contributed by atoms with E-state index in [0.29, 0.717) is 18.9 Å². The van der Waals surface area contributed by atoms with E-state index in [4.69, 9.17) is 11.5 Å². The van der Waals surface area contributed by atoms with E-state index in [2.05, 4.69) is 15.5 Å². The minimum atomic E-state index is 0.448. The summed E-state index contributed by atoms with van der Waals surface area (Å²) < 4.78 is 0. The molecular formula is C10H13N5. The lowest BCUT2D eigenvalue weighted by Crippen LogP contribution is -2.14. The Labute approximate surface area is 87.5 Å². The molecule has 1 aromatic carbocycles. The third kappa shape index (κ3) is 1.82. The smallest absolute Gasteiger partial charge is 0.156 e. The molecule has 1 heterocycles. The Bertz CT molecular complexity index is 468. The molecule has 0 bridgehead atoms. The summed E-state index contributed by atoms with van der Waals surface area (Å²) in [5, 5.41) is 12.9. The molecule has 0 fully saturated rings. The molecule has 2 rings (SSSR count). The fourth-order valence-electron chi connectivity index (χ4n) is 1.45. The topological polar surface area (TPSA) is 89.8 Å². The second kappa shape index (κ2) is 4.10. The fraction of sp³-hybridized carbons (Fsp3) is 0.200. The lowest BCUT2D eigenvalue weighted by atomic mass is 10.2. The number of nitrogens with two attached hydrogens (primary N) is 2. The van der Waals surface area contributed by atoms with Crippen LogP contribution in [-0.4, -0.2) is 23.3 Å². The first-order valence-corrected chi connectivity index (χ1v) is 4.78. The number of nitrogens with one attached hydrogen (secondary N) is 1. The highest BCUT2D eigenvalue weighted by molar-refractivity contribution is 5.97. The van der Waals surface area contributed by atoms with Crippen molar-refractivity contribution in [3.63, 3.8) is 0 Å². The average Bonchev–Trinajstić information content (AvgIpc) is 2.29. The first kappa shape index (κ1) is 9.67. The lowest BCUT2D eigenvalue weighted by molar-refractivity contribution is 0.985. The van der Waals surface area contributed by atoms with Crippen molar-refractivity contribution in [2.75, 3.05) is 24.1 Å². The van der Waals surface area contributed by atoms with Crippen molar-refractivity contribution < 1.29 is 0 Å². The largest absolute Gasteiger partial charge is 0.382 e. The fourth-order valence-corrected chi connectivity index (χ4v) is 1.45. The van der Waals surface area contributed by atoms with Crippen molar-refractivity contribution in [1.82, 2.24) is 10.2 Å². The molecule has 0 atom stereocenters. The highest BCUT2D eigenvalue weighted by Crippen LogP contribution is 2.23. The molecule has 0 aliphatic carbocycles. The summed E-state index contributed by atoms with van der Waals surface area (Å²) in [6, 6.07) is 7.75. The molecular weight excluding hydrogens is 190 g/mol. The minimum Gasteiger partial charge on any atom is -0.382 e. The molecule has 0 aliphatic rings. The molecule has 5 N–H and O–H groups in total. The molecule has 0 saturated carbocycles. The minimum absolute atomic E-state index is 0.448. The number of hydrogen-bond donors (Lipinski definition) is 3. The number of benzene rings is 1. The van der Waals surface area contributed by atoms with Gasteiger partial charge >= 0.3 is 0 Å². The van der Waals surface area contributed by atoms with Gasteiger partial charge < -0.3 is 16.8 Å². The molecule has 0 amide bonds. The van der Waals surface area contributed by atoms with Crippen molar-refractivity contribution in [3.05, 3.63) is 24.3 Å². The maximum Gasteiger partial charge on any atom is 0.156 e. The van der Waals surface area contributed by atoms with Crippen LogP contribution in [0.3, 0.4) is 0 Å². The first-order valence-electron chi connectivity index (χ1n) is 4.78. The van der Waals surface area contributed by atoms with Crippen molar-refractivity contribution in [2.45, 2.75) is 0 Å². The van der Waals surface area contributed by atoms with Crippen LogP contribution >= 0.6 is 0 Å². The van der Waals surface area contributed by atoms with Crippen molar-refractivity contribution >= 4 is 22.4 Å². The second-order valence-electron chi connectivity index (χ2n) is 3.19. The van der Waals surface area contributed by atoms with Gasteiger partial charge in [0.25, 0.3) is 0 Å². The van der Waals surface area contributed by atoms with Gasteiger partial charge in [-0.2, -0.15) is 0 Å². The van der Waals surface area contributed by atoms with Crippen LogP contribution in [0.15, 0.2) is 24.3 Å². The van der Waals surface area contributed by atoms with E-state index in [1.807, 2.05) is 24.3 Å². The molecule has 0 unspecified atom stereocenters. The van der Waals surface area contributed by atoms with Crippen molar-refractivity contribution in [2.24, 2.45) is 5.73 Å². The Morgan fingerprint density at radius 3 is 2.60 bits per heavy atom. The van der Waals surface area contributed by atoms with E-state index in [1.165, 1.54) is 0 Å². The molecule has 0 saturated heterocycles. The van der Waals surface area contributed by atoms with Gasteiger partial charge in [-0.15, -0.1) is 10.2 Å². The summed E-state index contributed by atoms with van der Waals surface area (Å²) in [5.41, 5.74) is 11.1. The molecule has 2 aromatic rings. The van der Waals surface area contributed by atoms with Crippen LogP contribution in [0.5, 0.6) is 0 Å². The predicted molar refractivity (Wildman–Crippen MR) is 61.5 cm³/mol. The van der Waals surface area contributed by atoms with E-state index in [9.17, 15) is 0 Å². The van der Waals surface area contributed by atoms with Gasteiger partial charge in [0.15, 0.2) is 11.6 Å². The Hall–Kier alpha value is -1.88. The van der Waals surface area contributed by atoms with Crippen LogP contribution in [0.25, 0.3) is 10.8 Å². The van der Waals surface area contributed by atoms with Gasteiger partial charge in [0.2, 0.25) is 0 Å². The van der Waals surface area contributed by atoms with Crippen LogP contribution in [0.2, 0.25) is 0 Å². The Morgan fingerprint density at radius 1 is 1.13 bits per heavy atom. The number of fused-ring (bicyclic) bond motifs is 1. The Kier molecular flexibility index (Phi) is 2.64. The van der Waals surface area contributed by atoms with Crippen LogP contribution in [0.1, 0.15) is 0 Å². The number of nitrogens with zero attached hydrogens (tertiary/aromatic N) is 2. The van der Waals surface area contributed by atoms with Crippen LogP contribution < -0.4 is 16.8 Å². The van der Waals surface area contributed by atoms with Gasteiger partial charge in [0.1, 0.15) is 0 Å². The van der Waals surface area contributed by atoms with E-state index in [0.717, 1.165) is 16.6 Å². The molecule has 5 heteroatoms. The summed E-state index contributed by atoms with van der Waals surface area (Å²) in [5.74, 6) is 1.18. The summed E-state index contributed by atoms with van der Waals surface area (Å²) in [7, 11) is 0. The Morgan fingerprint density at radius 2 is 1.87 bits per heavy atom. The maximum atomic E-state index is 5.73. The highest BCUT2D eigenvalue weighted by atomic mass is 15.2. The maximum absolute atomic E-state index is 5.73. The normalized spacial score (nSPS) is 10.5. The summed E-state index contributed by atoms with van der Waals surface area (Å²) in [4.78, 5) is 0. The van der Waals surface area contributed by atoms with E-state index < -0.39 is 0 Å². The second-order valence-corrected chi connectivity index (χ2v) is 3.19.